The van der Waals surface area contributed by atoms with E-state index in [4.69, 9.17) is 0 Å². The van der Waals surface area contributed by atoms with E-state index in [0.29, 0.717) is 0 Å². The first-order chi connectivity index (χ1) is 7.50. The van der Waals surface area contributed by atoms with Gasteiger partial charge in [0.25, 0.3) is 0 Å². The lowest BCUT2D eigenvalue weighted by Crippen LogP contribution is -2.33. The van der Waals surface area contributed by atoms with E-state index < -0.39 is 4.32 Å². The van der Waals surface area contributed by atoms with Gasteiger partial charge in [0, 0.05) is 12.5 Å². The fourth-order valence-electron chi connectivity index (χ4n) is 1.81. The fraction of sp³-hybridized carbons (Fsp3) is 0.462. The molecule has 0 bridgehead atoms. The molecule has 0 aliphatic heterocycles. The molecule has 1 rings (SSSR count). The topological polar surface area (TPSA) is 27.0 Å². The minimum atomic E-state index is -0.599. The van der Waals surface area contributed by atoms with Gasteiger partial charge in [-0.15, -0.1) is 0 Å². The van der Waals surface area contributed by atoms with E-state index in [1.807, 2.05) is 44.4 Å². The van der Waals surface area contributed by atoms with Crippen molar-refractivity contribution in [2.24, 2.45) is 5.92 Å². The van der Waals surface area contributed by atoms with Crippen molar-refractivity contribution in [3.8, 4) is 6.07 Å². The average molecular weight is 281 g/mol. The molecule has 2 nitrogen and oxygen atoms in total. The summed E-state index contributed by atoms with van der Waals surface area (Å²) in [7, 11) is 4.04. The van der Waals surface area contributed by atoms with E-state index in [-0.39, 0.29) is 5.92 Å². The first-order valence-corrected chi connectivity index (χ1v) is 6.10. The highest BCUT2D eigenvalue weighted by Gasteiger charge is 2.35. The molecule has 0 aliphatic rings. The lowest BCUT2D eigenvalue weighted by atomic mass is 9.88. The fourth-order valence-corrected chi connectivity index (χ4v) is 2.22. The van der Waals surface area contributed by atoms with E-state index in [1.165, 1.54) is 0 Å². The van der Waals surface area contributed by atoms with Crippen LogP contribution in [0.1, 0.15) is 12.5 Å². The normalized spacial score (nSPS) is 16.5. The van der Waals surface area contributed by atoms with Crippen LogP contribution in [-0.2, 0) is 4.32 Å². The summed E-state index contributed by atoms with van der Waals surface area (Å²) < 4.78 is -0.599. The Morgan fingerprint density at radius 1 is 1.38 bits per heavy atom. The molecule has 0 radical (unpaired) electrons. The monoisotopic (exact) mass is 280 g/mol. The summed E-state index contributed by atoms with van der Waals surface area (Å²) in [6, 6.07) is 12.3. The molecule has 0 aliphatic carbocycles. The minimum Gasteiger partial charge on any atom is -0.309 e. The second-order valence-electron chi connectivity index (χ2n) is 4.35. The van der Waals surface area contributed by atoms with Crippen LogP contribution in [0.2, 0.25) is 0 Å². The number of hydrogen-bond acceptors (Lipinski definition) is 2. The molecule has 1 aromatic rings. The summed E-state index contributed by atoms with van der Waals surface area (Å²) in [6.07, 6.45) is 0. The van der Waals surface area contributed by atoms with Crippen LogP contribution >= 0.6 is 15.9 Å². The number of nitrogens with zero attached hydrogens (tertiary/aromatic N) is 2. The molecule has 0 fully saturated rings. The molecule has 1 aromatic carbocycles. The van der Waals surface area contributed by atoms with Crippen LogP contribution in [0.25, 0.3) is 0 Å². The van der Waals surface area contributed by atoms with Gasteiger partial charge in [-0.05, 0) is 19.7 Å². The van der Waals surface area contributed by atoms with Crippen LogP contribution < -0.4 is 0 Å². The second-order valence-corrected chi connectivity index (χ2v) is 5.60. The molecule has 16 heavy (non-hydrogen) atoms. The van der Waals surface area contributed by atoms with Gasteiger partial charge in [0.1, 0.15) is 4.32 Å². The predicted octanol–water partition coefficient (Wildman–Crippen LogP) is 3.00. The van der Waals surface area contributed by atoms with Gasteiger partial charge in [-0.25, -0.2) is 0 Å². The van der Waals surface area contributed by atoms with Crippen molar-refractivity contribution in [3.05, 3.63) is 35.9 Å². The Labute approximate surface area is 106 Å². The summed E-state index contributed by atoms with van der Waals surface area (Å²) in [5.41, 5.74) is 1.02. The van der Waals surface area contributed by atoms with E-state index in [0.717, 1.165) is 12.1 Å². The average Bonchev–Trinajstić information content (AvgIpc) is 2.28. The van der Waals surface area contributed by atoms with Crippen LogP contribution in [0.3, 0.4) is 0 Å². The number of rotatable bonds is 4. The standard InChI is InChI=1S/C13H17BrN2/c1-11(9-16(2)3)13(14,10-15)12-7-5-4-6-8-12/h4-8,11H,9H2,1-3H3. The molecular weight excluding hydrogens is 264 g/mol. The zero-order valence-corrected chi connectivity index (χ0v) is 11.5. The Balaban J connectivity index is 2.99. The highest BCUT2D eigenvalue weighted by atomic mass is 79.9. The molecular formula is C13H17BrN2. The first kappa shape index (κ1) is 13.2. The maximum Gasteiger partial charge on any atom is 0.140 e. The number of nitriles is 1. The number of halogens is 1. The molecule has 0 aromatic heterocycles. The SMILES string of the molecule is CC(CN(C)C)C(Br)(C#N)c1ccccc1. The Bertz CT molecular complexity index is 369. The van der Waals surface area contributed by atoms with Crippen LogP contribution in [0.4, 0.5) is 0 Å². The summed E-state index contributed by atoms with van der Waals surface area (Å²) in [5, 5.41) is 9.41. The molecule has 0 amide bonds. The van der Waals surface area contributed by atoms with E-state index in [1.54, 1.807) is 0 Å². The molecule has 0 saturated carbocycles. The van der Waals surface area contributed by atoms with Gasteiger partial charge in [-0.1, -0.05) is 53.2 Å². The third-order valence-corrected chi connectivity index (χ3v) is 4.09. The highest BCUT2D eigenvalue weighted by molar-refractivity contribution is 9.09. The van der Waals surface area contributed by atoms with Crippen molar-refractivity contribution in [1.82, 2.24) is 4.90 Å². The van der Waals surface area contributed by atoms with E-state index >= 15 is 0 Å². The van der Waals surface area contributed by atoms with Crippen LogP contribution in [0.5, 0.6) is 0 Å². The van der Waals surface area contributed by atoms with Gasteiger partial charge in [0.2, 0.25) is 0 Å². The summed E-state index contributed by atoms with van der Waals surface area (Å²) >= 11 is 3.60. The molecule has 0 spiro atoms. The molecule has 0 saturated heterocycles. The largest absolute Gasteiger partial charge is 0.309 e. The third-order valence-electron chi connectivity index (χ3n) is 2.67. The first-order valence-electron chi connectivity index (χ1n) is 5.31. The Morgan fingerprint density at radius 2 is 1.94 bits per heavy atom. The molecule has 2 unspecified atom stereocenters. The van der Waals surface area contributed by atoms with Crippen molar-refractivity contribution in [3.63, 3.8) is 0 Å². The molecule has 0 heterocycles. The molecule has 86 valence electrons. The Morgan fingerprint density at radius 3 is 2.38 bits per heavy atom. The van der Waals surface area contributed by atoms with Gasteiger partial charge >= 0.3 is 0 Å². The zero-order chi connectivity index (χ0) is 12.2. The van der Waals surface area contributed by atoms with Crippen molar-refractivity contribution >= 4 is 15.9 Å². The third kappa shape index (κ3) is 2.84. The lowest BCUT2D eigenvalue weighted by molar-refractivity contribution is 0.316. The molecule has 2 atom stereocenters. The molecule has 3 heteroatoms. The van der Waals surface area contributed by atoms with E-state index in [9.17, 15) is 5.26 Å². The maximum atomic E-state index is 9.41. The van der Waals surface area contributed by atoms with Gasteiger partial charge in [-0.3, -0.25) is 0 Å². The van der Waals surface area contributed by atoms with Crippen LogP contribution in [0, 0.1) is 17.2 Å². The lowest BCUT2D eigenvalue weighted by Gasteiger charge is -2.29. The van der Waals surface area contributed by atoms with Crippen molar-refractivity contribution < 1.29 is 0 Å². The molecule has 0 N–H and O–H groups in total. The van der Waals surface area contributed by atoms with Crippen LogP contribution in [0.15, 0.2) is 30.3 Å². The van der Waals surface area contributed by atoms with Crippen molar-refractivity contribution in [1.29, 1.82) is 5.26 Å². The van der Waals surface area contributed by atoms with Gasteiger partial charge in [0.15, 0.2) is 0 Å². The maximum absolute atomic E-state index is 9.41. The Kier molecular flexibility index (Phi) is 4.52. The zero-order valence-electron chi connectivity index (χ0n) is 9.94. The van der Waals surface area contributed by atoms with Gasteiger partial charge in [-0.2, -0.15) is 5.26 Å². The summed E-state index contributed by atoms with van der Waals surface area (Å²) in [6.45, 7) is 2.96. The van der Waals surface area contributed by atoms with Crippen LogP contribution in [-0.4, -0.2) is 25.5 Å². The van der Waals surface area contributed by atoms with Gasteiger partial charge < -0.3 is 4.90 Å². The highest BCUT2D eigenvalue weighted by Crippen LogP contribution is 2.38. The Hall–Kier alpha value is -0.850. The van der Waals surface area contributed by atoms with Crippen molar-refractivity contribution in [2.45, 2.75) is 11.2 Å². The number of hydrogen-bond donors (Lipinski definition) is 0. The quantitative estimate of drug-likeness (QED) is 0.793. The second kappa shape index (κ2) is 5.47. The number of alkyl halides is 1. The predicted molar refractivity (Wildman–Crippen MR) is 70.4 cm³/mol. The smallest absolute Gasteiger partial charge is 0.140 e. The summed E-state index contributed by atoms with van der Waals surface area (Å²) in [4.78, 5) is 2.10. The van der Waals surface area contributed by atoms with Gasteiger partial charge in [0.05, 0.1) is 6.07 Å². The minimum absolute atomic E-state index is 0.217. The summed E-state index contributed by atoms with van der Waals surface area (Å²) in [5.74, 6) is 0.217. The number of benzene rings is 1. The van der Waals surface area contributed by atoms with E-state index in [2.05, 4.69) is 33.8 Å². The van der Waals surface area contributed by atoms with Crippen molar-refractivity contribution in [2.75, 3.05) is 20.6 Å².